The minimum Gasteiger partial charge on any atom is -0.461 e. The molecule has 0 saturated heterocycles. The van der Waals surface area contributed by atoms with Gasteiger partial charge in [-0.05, 0) is 31.2 Å². The summed E-state index contributed by atoms with van der Waals surface area (Å²) in [7, 11) is 0. The fourth-order valence-electron chi connectivity index (χ4n) is 2.26. The number of pyridine rings is 2. The zero-order valence-electron chi connectivity index (χ0n) is 12.8. The van der Waals surface area contributed by atoms with E-state index in [1.165, 1.54) is 0 Å². The van der Waals surface area contributed by atoms with Crippen molar-refractivity contribution < 1.29 is 9.53 Å². The van der Waals surface area contributed by atoms with Crippen LogP contribution in [0.4, 0.5) is 0 Å². The number of ether oxygens (including phenoxy) is 1. The van der Waals surface area contributed by atoms with E-state index in [1.807, 2.05) is 48.5 Å². The van der Waals surface area contributed by atoms with E-state index in [2.05, 4.69) is 9.97 Å². The van der Waals surface area contributed by atoms with Crippen molar-refractivity contribution in [2.45, 2.75) is 6.92 Å². The number of hydrogen-bond acceptors (Lipinski definition) is 4. The Labute approximate surface area is 134 Å². The molecule has 0 spiro atoms. The minimum absolute atomic E-state index is 0.318. The van der Waals surface area contributed by atoms with Gasteiger partial charge in [0.25, 0.3) is 0 Å². The van der Waals surface area contributed by atoms with Crippen LogP contribution in [-0.4, -0.2) is 22.5 Å². The van der Waals surface area contributed by atoms with Crippen LogP contribution in [-0.2, 0) is 4.74 Å². The Morgan fingerprint density at radius 1 is 0.913 bits per heavy atom. The highest BCUT2D eigenvalue weighted by atomic mass is 16.5. The lowest BCUT2D eigenvalue weighted by Crippen LogP contribution is -2.07. The molecule has 4 nitrogen and oxygen atoms in total. The number of hydrogen-bond donors (Lipinski definition) is 0. The molecule has 0 aliphatic heterocycles. The third-order valence-electron chi connectivity index (χ3n) is 3.37. The number of rotatable bonds is 4. The van der Waals surface area contributed by atoms with Gasteiger partial charge in [-0.2, -0.15) is 0 Å². The van der Waals surface area contributed by atoms with Gasteiger partial charge in [-0.25, -0.2) is 9.78 Å². The third kappa shape index (κ3) is 3.43. The van der Waals surface area contributed by atoms with Gasteiger partial charge in [0.05, 0.1) is 18.0 Å². The number of esters is 1. The van der Waals surface area contributed by atoms with E-state index in [-0.39, 0.29) is 0 Å². The van der Waals surface area contributed by atoms with Crippen LogP contribution in [0.5, 0.6) is 0 Å². The molecule has 4 heteroatoms. The van der Waals surface area contributed by atoms with Gasteiger partial charge in [-0.3, -0.25) is 4.98 Å². The van der Waals surface area contributed by atoms with Gasteiger partial charge in [0.15, 0.2) is 0 Å². The SMILES string of the molecule is CCOC(=O)c1cccc(-c2ccc(-c3ccccn3)cc2)n1. The van der Waals surface area contributed by atoms with E-state index in [1.54, 1.807) is 25.3 Å². The second-order valence-corrected chi connectivity index (χ2v) is 4.92. The molecule has 0 amide bonds. The minimum atomic E-state index is -0.403. The molecule has 114 valence electrons. The molecule has 0 bridgehead atoms. The molecule has 2 heterocycles. The molecule has 0 fully saturated rings. The van der Waals surface area contributed by atoms with Crippen LogP contribution in [0.3, 0.4) is 0 Å². The van der Waals surface area contributed by atoms with Crippen molar-refractivity contribution in [3.05, 3.63) is 72.6 Å². The van der Waals surface area contributed by atoms with E-state index < -0.39 is 5.97 Å². The highest BCUT2D eigenvalue weighted by Crippen LogP contribution is 2.22. The first-order valence-electron chi connectivity index (χ1n) is 7.44. The highest BCUT2D eigenvalue weighted by molar-refractivity contribution is 5.88. The summed E-state index contributed by atoms with van der Waals surface area (Å²) < 4.78 is 4.99. The lowest BCUT2D eigenvalue weighted by molar-refractivity contribution is 0.0519. The molecular formula is C19H16N2O2. The van der Waals surface area contributed by atoms with E-state index >= 15 is 0 Å². The average molecular weight is 304 g/mol. The van der Waals surface area contributed by atoms with Crippen molar-refractivity contribution >= 4 is 5.97 Å². The molecule has 2 aromatic heterocycles. The van der Waals surface area contributed by atoms with Crippen LogP contribution in [0.25, 0.3) is 22.5 Å². The van der Waals surface area contributed by atoms with Crippen LogP contribution in [0.1, 0.15) is 17.4 Å². The van der Waals surface area contributed by atoms with Gasteiger partial charge >= 0.3 is 5.97 Å². The molecule has 0 saturated carbocycles. The quantitative estimate of drug-likeness (QED) is 0.684. The first-order valence-corrected chi connectivity index (χ1v) is 7.44. The molecule has 0 atom stereocenters. The molecule has 23 heavy (non-hydrogen) atoms. The zero-order chi connectivity index (χ0) is 16.1. The predicted octanol–water partition coefficient (Wildman–Crippen LogP) is 3.99. The van der Waals surface area contributed by atoms with Gasteiger partial charge in [-0.15, -0.1) is 0 Å². The summed E-state index contributed by atoms with van der Waals surface area (Å²) >= 11 is 0. The molecule has 0 unspecified atom stereocenters. The standard InChI is InChI=1S/C19H16N2O2/c1-2-23-19(22)18-8-5-7-17(21-18)15-11-9-14(10-12-15)16-6-3-4-13-20-16/h3-13H,2H2,1H3. The van der Waals surface area contributed by atoms with Crippen LogP contribution < -0.4 is 0 Å². The molecule has 3 aromatic rings. The van der Waals surface area contributed by atoms with Gasteiger partial charge in [0.1, 0.15) is 5.69 Å². The first-order chi connectivity index (χ1) is 11.3. The molecule has 1 aromatic carbocycles. The summed E-state index contributed by atoms with van der Waals surface area (Å²) in [6.07, 6.45) is 1.77. The number of benzene rings is 1. The summed E-state index contributed by atoms with van der Waals surface area (Å²) in [5, 5.41) is 0. The second-order valence-electron chi connectivity index (χ2n) is 4.92. The van der Waals surface area contributed by atoms with E-state index in [0.29, 0.717) is 12.3 Å². The summed E-state index contributed by atoms with van der Waals surface area (Å²) in [5.74, 6) is -0.403. The van der Waals surface area contributed by atoms with E-state index in [9.17, 15) is 4.79 Å². The maximum Gasteiger partial charge on any atom is 0.356 e. The molecule has 0 N–H and O–H groups in total. The summed E-state index contributed by atoms with van der Waals surface area (Å²) in [4.78, 5) is 20.5. The monoisotopic (exact) mass is 304 g/mol. The number of carbonyl (C=O) groups is 1. The largest absolute Gasteiger partial charge is 0.461 e. The lowest BCUT2D eigenvalue weighted by atomic mass is 10.1. The Bertz CT molecular complexity index is 799. The van der Waals surface area contributed by atoms with Crippen molar-refractivity contribution in [3.63, 3.8) is 0 Å². The molecule has 3 rings (SSSR count). The van der Waals surface area contributed by atoms with Gasteiger partial charge in [0.2, 0.25) is 0 Å². The Morgan fingerprint density at radius 3 is 2.26 bits per heavy atom. The predicted molar refractivity (Wildman–Crippen MR) is 88.9 cm³/mol. The molecular weight excluding hydrogens is 288 g/mol. The lowest BCUT2D eigenvalue weighted by Gasteiger charge is -2.06. The third-order valence-corrected chi connectivity index (χ3v) is 3.37. The molecule has 0 radical (unpaired) electrons. The van der Waals surface area contributed by atoms with Crippen molar-refractivity contribution in [1.82, 2.24) is 9.97 Å². The smallest absolute Gasteiger partial charge is 0.356 e. The Hall–Kier alpha value is -3.01. The fourth-order valence-corrected chi connectivity index (χ4v) is 2.26. The Balaban J connectivity index is 1.88. The second kappa shape index (κ2) is 6.83. The van der Waals surface area contributed by atoms with Gasteiger partial charge in [0, 0.05) is 17.3 Å². The molecule has 0 aliphatic carbocycles. The average Bonchev–Trinajstić information content (AvgIpc) is 2.63. The molecule has 0 aliphatic rings. The van der Waals surface area contributed by atoms with Crippen LogP contribution in [0.2, 0.25) is 0 Å². The highest BCUT2D eigenvalue weighted by Gasteiger charge is 2.09. The number of nitrogens with zero attached hydrogens (tertiary/aromatic N) is 2. The maximum atomic E-state index is 11.8. The van der Waals surface area contributed by atoms with Crippen LogP contribution in [0, 0.1) is 0 Å². The maximum absolute atomic E-state index is 11.8. The first kappa shape index (κ1) is 14.9. The summed E-state index contributed by atoms with van der Waals surface area (Å²) in [6.45, 7) is 2.11. The van der Waals surface area contributed by atoms with Crippen LogP contribution >= 0.6 is 0 Å². The fraction of sp³-hybridized carbons (Fsp3) is 0.105. The normalized spacial score (nSPS) is 10.3. The number of aromatic nitrogens is 2. The van der Waals surface area contributed by atoms with Crippen molar-refractivity contribution in [1.29, 1.82) is 0 Å². The Morgan fingerprint density at radius 2 is 1.61 bits per heavy atom. The van der Waals surface area contributed by atoms with E-state index in [0.717, 1.165) is 22.5 Å². The Kier molecular flexibility index (Phi) is 4.43. The van der Waals surface area contributed by atoms with Gasteiger partial charge < -0.3 is 4.74 Å². The summed E-state index contributed by atoms with van der Waals surface area (Å²) in [5.41, 5.74) is 3.96. The number of carbonyl (C=O) groups excluding carboxylic acids is 1. The van der Waals surface area contributed by atoms with Crippen molar-refractivity contribution in [2.24, 2.45) is 0 Å². The van der Waals surface area contributed by atoms with Gasteiger partial charge in [-0.1, -0.05) is 36.4 Å². The van der Waals surface area contributed by atoms with Crippen molar-refractivity contribution in [3.8, 4) is 22.5 Å². The van der Waals surface area contributed by atoms with Crippen LogP contribution in [0.15, 0.2) is 66.9 Å². The van der Waals surface area contributed by atoms with Crippen molar-refractivity contribution in [2.75, 3.05) is 6.61 Å². The van der Waals surface area contributed by atoms with E-state index in [4.69, 9.17) is 4.74 Å². The summed E-state index contributed by atoms with van der Waals surface area (Å²) in [6, 6.07) is 19.1. The topological polar surface area (TPSA) is 52.1 Å². The zero-order valence-corrected chi connectivity index (χ0v) is 12.8.